The van der Waals surface area contributed by atoms with Crippen LogP contribution in [0.25, 0.3) is 0 Å². The lowest BCUT2D eigenvalue weighted by atomic mass is 10.3. The van der Waals surface area contributed by atoms with E-state index in [0.29, 0.717) is 4.47 Å². The van der Waals surface area contributed by atoms with Crippen molar-refractivity contribution in [2.75, 3.05) is 0 Å². The maximum Gasteiger partial charge on any atom is 0.289 e. The standard InChI is InChI=1S/C12H10BrClN4O5S/c1-17-6-7(13)4-11(17)12(19)15-16-24(22,23)8-2-3-9(14)10(5-8)18(20)21/h2-6,16H,1H3,(H,15,19). The number of nitrogens with one attached hydrogen (secondary N) is 2. The van der Waals surface area contributed by atoms with Crippen LogP contribution < -0.4 is 10.3 Å². The van der Waals surface area contributed by atoms with E-state index in [4.69, 9.17) is 11.6 Å². The van der Waals surface area contributed by atoms with Crippen LogP contribution in [0.1, 0.15) is 10.5 Å². The molecule has 2 rings (SSSR count). The summed E-state index contributed by atoms with van der Waals surface area (Å²) in [4.78, 5) is 23.5. The number of carbonyl (C=O) groups excluding carboxylic acids is 1. The molecule has 1 aromatic carbocycles. The molecule has 0 radical (unpaired) electrons. The zero-order valence-electron chi connectivity index (χ0n) is 12.0. The molecule has 0 spiro atoms. The number of aromatic nitrogens is 1. The zero-order valence-corrected chi connectivity index (χ0v) is 15.1. The fraction of sp³-hybridized carbons (Fsp3) is 0.0833. The van der Waals surface area contributed by atoms with Gasteiger partial charge in [-0.25, -0.2) is 8.42 Å². The van der Waals surface area contributed by atoms with E-state index in [1.54, 1.807) is 13.2 Å². The van der Waals surface area contributed by atoms with Crippen LogP contribution in [-0.4, -0.2) is 23.8 Å². The van der Waals surface area contributed by atoms with Gasteiger partial charge in [0.1, 0.15) is 10.7 Å². The van der Waals surface area contributed by atoms with Crippen LogP contribution in [0.2, 0.25) is 5.02 Å². The highest BCUT2D eigenvalue weighted by Crippen LogP contribution is 2.26. The Kier molecular flexibility index (Phi) is 5.28. The van der Waals surface area contributed by atoms with Gasteiger partial charge < -0.3 is 4.57 Å². The predicted molar refractivity (Wildman–Crippen MR) is 89.0 cm³/mol. The predicted octanol–water partition coefficient (Wildman–Crippen LogP) is 1.97. The largest absolute Gasteiger partial charge is 0.345 e. The van der Waals surface area contributed by atoms with Crippen LogP contribution >= 0.6 is 27.5 Å². The van der Waals surface area contributed by atoms with Gasteiger partial charge in [-0.3, -0.25) is 20.3 Å². The molecule has 128 valence electrons. The van der Waals surface area contributed by atoms with Gasteiger partial charge in [-0.1, -0.05) is 11.6 Å². The third-order valence-corrected chi connectivity index (χ3v) is 4.93. The Labute approximate surface area is 149 Å². The summed E-state index contributed by atoms with van der Waals surface area (Å²) in [6, 6.07) is 4.47. The van der Waals surface area contributed by atoms with Crippen molar-refractivity contribution < 1.29 is 18.1 Å². The molecule has 0 aliphatic rings. The van der Waals surface area contributed by atoms with E-state index < -0.39 is 31.4 Å². The van der Waals surface area contributed by atoms with Crippen molar-refractivity contribution in [2.24, 2.45) is 7.05 Å². The Balaban J connectivity index is 2.20. The summed E-state index contributed by atoms with van der Waals surface area (Å²) < 4.78 is 26.4. The highest BCUT2D eigenvalue weighted by molar-refractivity contribution is 9.10. The fourth-order valence-corrected chi connectivity index (χ4v) is 3.36. The number of hydrazine groups is 1. The first-order chi connectivity index (χ1) is 11.1. The Hall–Kier alpha value is -1.95. The normalized spacial score (nSPS) is 11.3. The molecule has 9 nitrogen and oxygen atoms in total. The van der Waals surface area contributed by atoms with Crippen molar-refractivity contribution in [1.82, 2.24) is 14.8 Å². The van der Waals surface area contributed by atoms with Gasteiger partial charge in [0.2, 0.25) is 0 Å². The Bertz CT molecular complexity index is 928. The molecule has 0 unspecified atom stereocenters. The van der Waals surface area contributed by atoms with Crippen LogP contribution in [0, 0.1) is 10.1 Å². The van der Waals surface area contributed by atoms with Crippen LogP contribution in [0.15, 0.2) is 39.8 Å². The number of aryl methyl sites for hydroxylation is 1. The molecule has 1 aromatic heterocycles. The number of benzene rings is 1. The van der Waals surface area contributed by atoms with Gasteiger partial charge >= 0.3 is 0 Å². The molecule has 2 aromatic rings. The molecular formula is C12H10BrClN4O5S. The lowest BCUT2D eigenvalue weighted by Crippen LogP contribution is -2.42. The van der Waals surface area contributed by atoms with E-state index in [-0.39, 0.29) is 10.7 Å². The van der Waals surface area contributed by atoms with Crippen molar-refractivity contribution in [3.05, 3.63) is 55.8 Å². The number of halogens is 2. The quantitative estimate of drug-likeness (QED) is 0.547. The SMILES string of the molecule is Cn1cc(Br)cc1C(=O)NNS(=O)(=O)c1ccc(Cl)c([N+](=O)[O-])c1. The molecule has 12 heteroatoms. The van der Waals surface area contributed by atoms with Gasteiger partial charge in [0.15, 0.2) is 0 Å². The second kappa shape index (κ2) is 6.89. The summed E-state index contributed by atoms with van der Waals surface area (Å²) in [5.41, 5.74) is 1.68. The molecule has 1 heterocycles. The monoisotopic (exact) mass is 436 g/mol. The van der Waals surface area contributed by atoms with Crippen LogP contribution in [0.4, 0.5) is 5.69 Å². The zero-order chi connectivity index (χ0) is 18.1. The average Bonchev–Trinajstić information content (AvgIpc) is 2.83. The second-order valence-electron chi connectivity index (χ2n) is 4.58. The van der Waals surface area contributed by atoms with E-state index >= 15 is 0 Å². The first kappa shape index (κ1) is 18.4. The number of nitro benzene ring substituents is 1. The maximum absolute atomic E-state index is 12.1. The third kappa shape index (κ3) is 3.93. The van der Waals surface area contributed by atoms with Crippen LogP contribution in [-0.2, 0) is 17.1 Å². The smallest absolute Gasteiger partial charge is 0.289 e. The lowest BCUT2D eigenvalue weighted by molar-refractivity contribution is -0.384. The van der Waals surface area contributed by atoms with Gasteiger partial charge in [-0.15, -0.1) is 4.83 Å². The number of nitro groups is 1. The number of rotatable bonds is 5. The van der Waals surface area contributed by atoms with E-state index in [9.17, 15) is 23.3 Å². The summed E-state index contributed by atoms with van der Waals surface area (Å²) in [6.07, 6.45) is 1.62. The molecule has 0 saturated carbocycles. The molecule has 2 N–H and O–H groups in total. The summed E-state index contributed by atoms with van der Waals surface area (Å²) >= 11 is 8.83. The second-order valence-corrected chi connectivity index (χ2v) is 7.59. The molecule has 1 amide bonds. The maximum atomic E-state index is 12.1. The summed E-state index contributed by atoms with van der Waals surface area (Å²) in [7, 11) is -2.60. The topological polar surface area (TPSA) is 123 Å². The molecule has 0 fully saturated rings. The minimum atomic E-state index is -4.21. The first-order valence-corrected chi connectivity index (χ1v) is 8.85. The van der Waals surface area contributed by atoms with Gasteiger partial charge in [-0.05, 0) is 34.1 Å². The first-order valence-electron chi connectivity index (χ1n) is 6.20. The average molecular weight is 438 g/mol. The molecular weight excluding hydrogens is 428 g/mol. The number of hydrogen-bond donors (Lipinski definition) is 2. The Morgan fingerprint density at radius 1 is 1.38 bits per heavy atom. The Morgan fingerprint density at radius 3 is 2.58 bits per heavy atom. The lowest BCUT2D eigenvalue weighted by Gasteiger charge is -2.09. The molecule has 0 saturated heterocycles. The molecule has 0 aliphatic carbocycles. The van der Waals surface area contributed by atoms with E-state index in [1.807, 2.05) is 10.3 Å². The number of hydrogen-bond acceptors (Lipinski definition) is 5. The van der Waals surface area contributed by atoms with Crippen molar-refractivity contribution in [3.8, 4) is 0 Å². The summed E-state index contributed by atoms with van der Waals surface area (Å²) in [5, 5.41) is 10.6. The summed E-state index contributed by atoms with van der Waals surface area (Å²) in [6.45, 7) is 0. The van der Waals surface area contributed by atoms with Gasteiger partial charge in [-0.2, -0.15) is 0 Å². The molecule has 24 heavy (non-hydrogen) atoms. The van der Waals surface area contributed by atoms with Gasteiger partial charge in [0.25, 0.3) is 21.6 Å². The number of nitrogens with zero attached hydrogens (tertiary/aromatic N) is 2. The van der Waals surface area contributed by atoms with Crippen molar-refractivity contribution >= 4 is 49.1 Å². The van der Waals surface area contributed by atoms with E-state index in [2.05, 4.69) is 15.9 Å². The summed E-state index contributed by atoms with van der Waals surface area (Å²) in [5.74, 6) is -0.699. The van der Waals surface area contributed by atoms with Crippen LogP contribution in [0.3, 0.4) is 0 Å². The van der Waals surface area contributed by atoms with Crippen molar-refractivity contribution in [3.63, 3.8) is 0 Å². The highest BCUT2D eigenvalue weighted by atomic mass is 79.9. The number of amides is 1. The van der Waals surface area contributed by atoms with E-state index in [0.717, 1.165) is 18.2 Å². The van der Waals surface area contributed by atoms with Gasteiger partial charge in [0.05, 0.1) is 9.82 Å². The molecule has 0 atom stereocenters. The number of sulfonamides is 1. The molecule has 0 aliphatic heterocycles. The Morgan fingerprint density at radius 2 is 2.04 bits per heavy atom. The third-order valence-electron chi connectivity index (χ3n) is 2.93. The van der Waals surface area contributed by atoms with Crippen molar-refractivity contribution in [2.45, 2.75) is 4.90 Å². The fourth-order valence-electron chi connectivity index (χ4n) is 1.79. The minimum Gasteiger partial charge on any atom is -0.345 e. The van der Waals surface area contributed by atoms with Crippen LogP contribution in [0.5, 0.6) is 0 Å². The highest BCUT2D eigenvalue weighted by Gasteiger charge is 2.22. The minimum absolute atomic E-state index is 0.198. The van der Waals surface area contributed by atoms with Crippen molar-refractivity contribution in [1.29, 1.82) is 0 Å². The molecule has 0 bridgehead atoms. The van der Waals surface area contributed by atoms with Gasteiger partial charge in [0, 0.05) is 23.8 Å². The van der Waals surface area contributed by atoms with E-state index in [1.165, 1.54) is 10.6 Å². The number of carbonyl (C=O) groups is 1.